The Labute approximate surface area is 254 Å². The van der Waals surface area contributed by atoms with Crippen LogP contribution >= 0.6 is 0 Å². The second-order valence-electron chi connectivity index (χ2n) is 11.7. The summed E-state index contributed by atoms with van der Waals surface area (Å²) < 4.78 is 12.5. The molecular weight excluding hydrogens is 566 g/mol. The summed E-state index contributed by atoms with van der Waals surface area (Å²) in [6.07, 6.45) is 1.61. The van der Waals surface area contributed by atoms with Crippen molar-refractivity contribution in [2.75, 3.05) is 42.8 Å². The maximum Gasteiger partial charge on any atom is 0.250 e. The lowest BCUT2D eigenvalue weighted by Gasteiger charge is -2.54. The largest absolute Gasteiger partial charge is 0.733 e. The van der Waals surface area contributed by atoms with E-state index in [1.165, 1.54) is 27.2 Å². The average molecular weight is 603 g/mol. The van der Waals surface area contributed by atoms with Gasteiger partial charge in [0.1, 0.15) is 0 Å². The highest BCUT2D eigenvalue weighted by Gasteiger charge is 2.49. The van der Waals surface area contributed by atoms with Crippen molar-refractivity contribution < 1.29 is 24.3 Å². The van der Waals surface area contributed by atoms with Gasteiger partial charge in [-0.05, 0) is 66.6 Å². The number of nitrogens with zero attached hydrogens (tertiary/aromatic N) is 3. The minimum Gasteiger partial charge on any atom is -0.733 e. The molecule has 0 saturated carbocycles. The second kappa shape index (κ2) is 11.9. The normalized spacial score (nSPS) is 21.3. The Morgan fingerprint density at radius 3 is 2.59 bits per heavy atom. The number of methoxy groups -OCH3 is 2. The van der Waals surface area contributed by atoms with E-state index in [4.69, 9.17) is 9.47 Å². The standard InChI is InChI=1S/C32H36N5O7/c1-18(38)34-22-7-8-25-21(12-22)13-24(31-23-11-19(17-36(25)31)16-35-26(23)5-4-6-30(35)39)32(40)33-10-9-20-14-28(43-2)29(44-3)15-27(20)37(41)42/h4-8,12,14-15,19,23-24,31,41H,9-11,13,16-17H2,1-3H3,(H,33,40)(H,34,38)/q-1/t19-,23+,24+,31+/m0/s1. The van der Waals surface area contributed by atoms with E-state index in [1.54, 1.807) is 18.2 Å². The molecule has 3 aliphatic heterocycles. The maximum atomic E-state index is 14.1. The number of aromatic nitrogens is 1. The number of piperidine rings is 1. The van der Waals surface area contributed by atoms with Crippen molar-refractivity contribution in [1.82, 2.24) is 9.88 Å². The third-order valence-corrected chi connectivity index (χ3v) is 9.10. The fourth-order valence-corrected chi connectivity index (χ4v) is 7.34. The summed E-state index contributed by atoms with van der Waals surface area (Å²) in [4.78, 5) is 41.0. The van der Waals surface area contributed by atoms with Gasteiger partial charge in [0.2, 0.25) is 11.8 Å². The molecule has 6 rings (SSSR count). The molecule has 1 aromatic heterocycles. The maximum absolute atomic E-state index is 14.1. The van der Waals surface area contributed by atoms with Crippen LogP contribution in [0, 0.1) is 17.0 Å². The highest BCUT2D eigenvalue weighted by Crippen LogP contribution is 2.48. The van der Waals surface area contributed by atoms with E-state index in [1.807, 2.05) is 28.8 Å². The number of anilines is 3. The lowest BCUT2D eigenvalue weighted by molar-refractivity contribution is -0.126. The second-order valence-corrected chi connectivity index (χ2v) is 11.7. The first-order chi connectivity index (χ1) is 21.2. The van der Waals surface area contributed by atoms with E-state index in [-0.39, 0.29) is 59.1 Å². The first kappa shape index (κ1) is 29.5. The summed E-state index contributed by atoms with van der Waals surface area (Å²) in [5.41, 5.74) is 4.11. The van der Waals surface area contributed by atoms with Gasteiger partial charge in [-0.25, -0.2) is 0 Å². The van der Waals surface area contributed by atoms with Gasteiger partial charge in [0, 0.05) is 67.7 Å². The van der Waals surface area contributed by atoms with Crippen LogP contribution in [0.5, 0.6) is 11.5 Å². The molecule has 2 bridgehead atoms. The summed E-state index contributed by atoms with van der Waals surface area (Å²) in [5, 5.41) is 27.3. The van der Waals surface area contributed by atoms with Gasteiger partial charge in [-0.15, -0.1) is 0 Å². The molecule has 0 aliphatic carbocycles. The van der Waals surface area contributed by atoms with Crippen molar-refractivity contribution in [2.24, 2.45) is 11.8 Å². The number of nitrogens with one attached hydrogen (secondary N) is 2. The smallest absolute Gasteiger partial charge is 0.250 e. The van der Waals surface area contributed by atoms with Crippen molar-refractivity contribution in [1.29, 1.82) is 0 Å². The van der Waals surface area contributed by atoms with Gasteiger partial charge in [0.25, 0.3) is 5.56 Å². The predicted octanol–water partition coefficient (Wildman–Crippen LogP) is 3.04. The lowest BCUT2D eigenvalue weighted by Crippen LogP contribution is -2.60. The zero-order chi connectivity index (χ0) is 31.1. The van der Waals surface area contributed by atoms with Crippen LogP contribution in [-0.2, 0) is 29.0 Å². The van der Waals surface area contributed by atoms with Crippen LogP contribution in [0.25, 0.3) is 0 Å². The predicted molar refractivity (Wildman–Crippen MR) is 165 cm³/mol. The molecule has 12 nitrogen and oxygen atoms in total. The Morgan fingerprint density at radius 1 is 1.09 bits per heavy atom. The van der Waals surface area contributed by atoms with Crippen LogP contribution in [0.2, 0.25) is 0 Å². The molecule has 2 amide bonds. The van der Waals surface area contributed by atoms with E-state index < -0.39 is 5.92 Å². The highest BCUT2D eigenvalue weighted by atomic mass is 16.8. The fraction of sp³-hybridized carbons (Fsp3) is 0.406. The molecule has 12 heteroatoms. The van der Waals surface area contributed by atoms with E-state index >= 15 is 0 Å². The monoisotopic (exact) mass is 602 g/mol. The van der Waals surface area contributed by atoms with Crippen molar-refractivity contribution >= 4 is 28.9 Å². The summed E-state index contributed by atoms with van der Waals surface area (Å²) in [7, 11) is 2.92. The Bertz CT molecular complexity index is 1650. The van der Waals surface area contributed by atoms with Crippen LogP contribution < -0.4 is 35.8 Å². The van der Waals surface area contributed by atoms with Crippen LogP contribution in [0.3, 0.4) is 0 Å². The van der Waals surface area contributed by atoms with Gasteiger partial charge in [-0.3, -0.25) is 19.6 Å². The third kappa shape index (κ3) is 5.35. The van der Waals surface area contributed by atoms with E-state index in [0.717, 1.165) is 23.4 Å². The minimum absolute atomic E-state index is 0.00254. The molecule has 4 atom stereocenters. The van der Waals surface area contributed by atoms with Crippen molar-refractivity contribution in [3.63, 3.8) is 0 Å². The molecular formula is C32H36N5O7-. The quantitative estimate of drug-likeness (QED) is 0.331. The molecule has 1 fully saturated rings. The molecule has 2 aromatic carbocycles. The number of benzene rings is 2. The molecule has 0 radical (unpaired) electrons. The number of carbonyl (C=O) groups excluding carboxylic acids is 2. The summed E-state index contributed by atoms with van der Waals surface area (Å²) in [6.45, 7) is 3.02. The Morgan fingerprint density at radius 2 is 1.86 bits per heavy atom. The number of hydrogen-bond donors (Lipinski definition) is 3. The Kier molecular flexibility index (Phi) is 7.95. The van der Waals surface area contributed by atoms with Crippen LogP contribution in [0.15, 0.2) is 53.3 Å². The molecule has 44 heavy (non-hydrogen) atoms. The summed E-state index contributed by atoms with van der Waals surface area (Å²) in [6, 6.07) is 14.1. The summed E-state index contributed by atoms with van der Waals surface area (Å²) >= 11 is 0. The molecule has 232 valence electrons. The first-order valence-corrected chi connectivity index (χ1v) is 14.7. The van der Waals surface area contributed by atoms with Crippen molar-refractivity contribution in [2.45, 2.75) is 44.7 Å². The zero-order valence-corrected chi connectivity index (χ0v) is 24.9. The molecule has 3 aromatic rings. The van der Waals surface area contributed by atoms with Gasteiger partial charge in [0.05, 0.1) is 25.8 Å². The molecule has 0 unspecified atom stereocenters. The Balaban J connectivity index is 1.31. The zero-order valence-electron chi connectivity index (χ0n) is 24.9. The highest BCUT2D eigenvalue weighted by molar-refractivity contribution is 5.89. The first-order valence-electron chi connectivity index (χ1n) is 14.7. The number of fused-ring (bicyclic) bond motifs is 8. The van der Waals surface area contributed by atoms with Crippen molar-refractivity contribution in [3.8, 4) is 11.5 Å². The minimum atomic E-state index is -0.443. The van der Waals surface area contributed by atoms with Gasteiger partial charge >= 0.3 is 0 Å². The molecule has 1 saturated heterocycles. The van der Waals surface area contributed by atoms with Crippen LogP contribution in [0.4, 0.5) is 17.1 Å². The number of pyridine rings is 1. The van der Waals surface area contributed by atoms with Crippen LogP contribution in [-0.4, -0.2) is 54.9 Å². The van der Waals surface area contributed by atoms with Crippen LogP contribution in [0.1, 0.15) is 36.1 Å². The van der Waals surface area contributed by atoms with Gasteiger partial charge in [-0.2, -0.15) is 0 Å². The third-order valence-electron chi connectivity index (χ3n) is 9.10. The molecule has 3 aliphatic rings. The number of amides is 2. The molecule has 4 heterocycles. The van der Waals surface area contributed by atoms with E-state index in [0.29, 0.717) is 42.3 Å². The Hall–Kier alpha value is -4.55. The van der Waals surface area contributed by atoms with Gasteiger partial charge in [-0.1, -0.05) is 6.07 Å². The number of ether oxygens (including phenoxy) is 2. The fourth-order valence-electron chi connectivity index (χ4n) is 7.34. The van der Waals surface area contributed by atoms with Crippen molar-refractivity contribution in [3.05, 3.63) is 80.9 Å². The average Bonchev–Trinajstić information content (AvgIpc) is 3.00. The molecule has 3 N–H and O–H groups in total. The summed E-state index contributed by atoms with van der Waals surface area (Å²) in [5.74, 6) is 0.179. The number of hydrogen-bond acceptors (Lipinski definition) is 9. The van der Waals surface area contributed by atoms with Gasteiger partial charge < -0.3 is 40.0 Å². The SMILES string of the molecule is COc1cc(CCNC(=O)[C@@H]2Cc3cc(NC(C)=O)ccc3N3C[C@H]4C[C@H](c5cccc(=O)n5C4)[C@H]23)c(N([O-])O)cc1OC. The van der Waals surface area contributed by atoms with E-state index in [2.05, 4.69) is 15.5 Å². The molecule has 0 spiro atoms. The van der Waals surface area contributed by atoms with E-state index in [9.17, 15) is 24.8 Å². The lowest BCUT2D eigenvalue weighted by atomic mass is 9.69. The van der Waals surface area contributed by atoms with Gasteiger partial charge in [0.15, 0.2) is 11.5 Å². The number of rotatable bonds is 8. The topological polar surface area (TPSA) is 148 Å². The number of carbonyl (C=O) groups is 2.